The fourth-order valence-electron chi connectivity index (χ4n) is 4.97. The van der Waals surface area contributed by atoms with E-state index in [0.717, 1.165) is 54.8 Å². The summed E-state index contributed by atoms with van der Waals surface area (Å²) >= 11 is 0. The van der Waals surface area contributed by atoms with Crippen molar-refractivity contribution < 1.29 is 18.1 Å². The lowest BCUT2D eigenvalue weighted by molar-refractivity contribution is 0.00578. The van der Waals surface area contributed by atoms with Crippen molar-refractivity contribution in [3.63, 3.8) is 0 Å². The van der Waals surface area contributed by atoms with Crippen molar-refractivity contribution in [2.45, 2.75) is 38.9 Å². The Morgan fingerprint density at radius 1 is 0.686 bits per heavy atom. The SMILES string of the molecule is CC1(C)OB(c2cccc3c2oc2cccc(-c4nc5ccc6ccccc6c5o4)c23)OC1(C)C. The van der Waals surface area contributed by atoms with E-state index in [1.165, 1.54) is 0 Å². The molecule has 35 heavy (non-hydrogen) atoms. The van der Waals surface area contributed by atoms with E-state index in [2.05, 4.69) is 52.0 Å². The molecule has 1 aliphatic heterocycles. The van der Waals surface area contributed by atoms with E-state index < -0.39 is 18.3 Å². The van der Waals surface area contributed by atoms with Gasteiger partial charge < -0.3 is 18.1 Å². The predicted molar refractivity (Wildman–Crippen MR) is 140 cm³/mol. The molecule has 0 saturated carbocycles. The maximum Gasteiger partial charge on any atom is 0.498 e. The van der Waals surface area contributed by atoms with Crippen molar-refractivity contribution >= 4 is 56.4 Å². The van der Waals surface area contributed by atoms with Gasteiger partial charge in [0.05, 0.1) is 11.2 Å². The number of oxazole rings is 1. The van der Waals surface area contributed by atoms with Crippen LogP contribution in [0.2, 0.25) is 0 Å². The smallest absolute Gasteiger partial charge is 0.456 e. The maximum absolute atomic E-state index is 6.41. The molecule has 6 heteroatoms. The molecule has 0 atom stereocenters. The number of nitrogens with zero attached hydrogens (tertiary/aromatic N) is 1. The number of hydrogen-bond donors (Lipinski definition) is 0. The van der Waals surface area contributed by atoms with Crippen molar-refractivity contribution in [3.05, 3.63) is 72.8 Å². The zero-order valence-corrected chi connectivity index (χ0v) is 20.1. The first kappa shape index (κ1) is 20.7. The average molecular weight is 461 g/mol. The summed E-state index contributed by atoms with van der Waals surface area (Å²) in [6.45, 7) is 8.23. The lowest BCUT2D eigenvalue weighted by Gasteiger charge is -2.32. The Labute approximate surface area is 202 Å². The summed E-state index contributed by atoms with van der Waals surface area (Å²) < 4.78 is 25.5. The van der Waals surface area contributed by atoms with Gasteiger partial charge in [0.15, 0.2) is 5.58 Å². The lowest BCUT2D eigenvalue weighted by Crippen LogP contribution is -2.41. The van der Waals surface area contributed by atoms with E-state index in [1.54, 1.807) is 0 Å². The van der Waals surface area contributed by atoms with Gasteiger partial charge in [-0.3, -0.25) is 0 Å². The number of rotatable bonds is 2. The molecule has 0 bridgehead atoms. The Balaban J connectivity index is 1.44. The summed E-state index contributed by atoms with van der Waals surface area (Å²) in [4.78, 5) is 4.85. The highest BCUT2D eigenvalue weighted by Gasteiger charge is 2.52. The summed E-state index contributed by atoms with van der Waals surface area (Å²) in [5, 5.41) is 4.13. The Morgan fingerprint density at radius 2 is 1.43 bits per heavy atom. The highest BCUT2D eigenvalue weighted by atomic mass is 16.7. The van der Waals surface area contributed by atoms with Crippen molar-refractivity contribution in [1.29, 1.82) is 0 Å². The molecule has 3 heterocycles. The lowest BCUT2D eigenvalue weighted by atomic mass is 9.78. The van der Waals surface area contributed by atoms with E-state index in [4.69, 9.17) is 23.1 Å². The molecule has 6 aromatic rings. The highest BCUT2D eigenvalue weighted by molar-refractivity contribution is 6.65. The Morgan fingerprint density at radius 3 is 2.26 bits per heavy atom. The molecule has 2 aromatic heterocycles. The van der Waals surface area contributed by atoms with Gasteiger partial charge in [-0.25, -0.2) is 4.98 Å². The van der Waals surface area contributed by atoms with Crippen LogP contribution in [0, 0.1) is 0 Å². The molecule has 1 aliphatic rings. The molecular weight excluding hydrogens is 437 g/mol. The first-order chi connectivity index (χ1) is 16.8. The zero-order valence-electron chi connectivity index (χ0n) is 20.1. The fourth-order valence-corrected chi connectivity index (χ4v) is 4.97. The van der Waals surface area contributed by atoms with Gasteiger partial charge in [-0.15, -0.1) is 0 Å². The van der Waals surface area contributed by atoms with E-state index in [1.807, 2.05) is 48.5 Å². The van der Waals surface area contributed by atoms with Gasteiger partial charge in [0.2, 0.25) is 5.89 Å². The number of para-hydroxylation sites is 1. The van der Waals surface area contributed by atoms with Crippen LogP contribution in [-0.4, -0.2) is 23.3 Å². The molecule has 0 unspecified atom stereocenters. The number of benzene rings is 4. The molecule has 0 amide bonds. The Bertz CT molecular complexity index is 1760. The van der Waals surface area contributed by atoms with Gasteiger partial charge in [0, 0.05) is 27.2 Å². The van der Waals surface area contributed by atoms with Crippen LogP contribution in [0.3, 0.4) is 0 Å². The van der Waals surface area contributed by atoms with Crippen LogP contribution in [0.4, 0.5) is 0 Å². The summed E-state index contributed by atoms with van der Waals surface area (Å²) in [7, 11) is -0.511. The van der Waals surface area contributed by atoms with Crippen molar-refractivity contribution in [3.8, 4) is 11.5 Å². The molecule has 5 nitrogen and oxygen atoms in total. The molecule has 0 N–H and O–H groups in total. The minimum atomic E-state index is -0.511. The largest absolute Gasteiger partial charge is 0.498 e. The van der Waals surface area contributed by atoms with Crippen LogP contribution >= 0.6 is 0 Å². The monoisotopic (exact) mass is 461 g/mol. The van der Waals surface area contributed by atoms with Gasteiger partial charge in [-0.2, -0.15) is 0 Å². The van der Waals surface area contributed by atoms with Gasteiger partial charge in [-0.05, 0) is 51.3 Å². The van der Waals surface area contributed by atoms with Crippen LogP contribution in [0.5, 0.6) is 0 Å². The van der Waals surface area contributed by atoms with Gasteiger partial charge >= 0.3 is 7.12 Å². The predicted octanol–water partition coefficient (Wildman–Crippen LogP) is 6.85. The summed E-state index contributed by atoms with van der Waals surface area (Å²) in [5.74, 6) is 0.575. The summed E-state index contributed by atoms with van der Waals surface area (Å²) in [6, 6.07) is 24.4. The van der Waals surface area contributed by atoms with Crippen molar-refractivity contribution in [1.82, 2.24) is 4.98 Å². The summed E-state index contributed by atoms with van der Waals surface area (Å²) in [6.07, 6.45) is 0. The number of furan rings is 1. The van der Waals surface area contributed by atoms with E-state index in [9.17, 15) is 0 Å². The first-order valence-electron chi connectivity index (χ1n) is 11.9. The zero-order chi connectivity index (χ0) is 23.9. The second-order valence-corrected chi connectivity index (χ2v) is 10.2. The van der Waals surface area contributed by atoms with Crippen LogP contribution in [0.15, 0.2) is 81.6 Å². The van der Waals surface area contributed by atoms with Crippen LogP contribution in [0.25, 0.3) is 55.3 Å². The van der Waals surface area contributed by atoms with Crippen LogP contribution in [0.1, 0.15) is 27.7 Å². The Hall–Kier alpha value is -3.61. The number of aromatic nitrogens is 1. The molecule has 172 valence electrons. The maximum atomic E-state index is 6.41. The molecule has 4 aromatic carbocycles. The molecule has 0 spiro atoms. The fraction of sp³-hybridized carbons (Fsp3) is 0.207. The van der Waals surface area contributed by atoms with Gasteiger partial charge in [-0.1, -0.05) is 54.6 Å². The second-order valence-electron chi connectivity index (χ2n) is 10.2. The summed E-state index contributed by atoms with van der Waals surface area (Å²) in [5.41, 5.74) is 4.07. The minimum Gasteiger partial charge on any atom is -0.456 e. The van der Waals surface area contributed by atoms with Crippen LogP contribution in [-0.2, 0) is 9.31 Å². The standard InChI is InChI=1S/C29H24BNO4/c1-28(2)29(3,4)35-30(34-28)21-13-7-11-19-24-20(12-8-14-23(24)32-25(19)21)27-31-22-16-15-17-9-5-6-10-18(17)26(22)33-27/h5-16H,1-4H3. The minimum absolute atomic E-state index is 0.433. The van der Waals surface area contributed by atoms with E-state index in [-0.39, 0.29) is 0 Å². The Kier molecular flexibility index (Phi) is 4.13. The molecule has 0 radical (unpaired) electrons. The van der Waals surface area contributed by atoms with E-state index in [0.29, 0.717) is 5.89 Å². The third-order valence-electron chi connectivity index (χ3n) is 7.57. The normalized spacial score (nSPS) is 17.3. The van der Waals surface area contributed by atoms with Crippen molar-refractivity contribution in [2.75, 3.05) is 0 Å². The van der Waals surface area contributed by atoms with Gasteiger partial charge in [0.1, 0.15) is 16.7 Å². The molecule has 1 fully saturated rings. The molecular formula is C29H24BNO4. The van der Waals surface area contributed by atoms with E-state index >= 15 is 0 Å². The third-order valence-corrected chi connectivity index (χ3v) is 7.57. The first-order valence-corrected chi connectivity index (χ1v) is 11.9. The molecule has 7 rings (SSSR count). The molecule has 1 saturated heterocycles. The average Bonchev–Trinajstić information content (AvgIpc) is 3.50. The number of hydrogen-bond acceptors (Lipinski definition) is 5. The highest BCUT2D eigenvalue weighted by Crippen LogP contribution is 2.40. The number of fused-ring (bicyclic) bond motifs is 6. The quantitative estimate of drug-likeness (QED) is 0.264. The van der Waals surface area contributed by atoms with Crippen molar-refractivity contribution in [2.24, 2.45) is 0 Å². The van der Waals surface area contributed by atoms with Crippen LogP contribution < -0.4 is 5.46 Å². The molecule has 0 aliphatic carbocycles. The van der Waals surface area contributed by atoms with Gasteiger partial charge in [0.25, 0.3) is 0 Å². The third kappa shape index (κ3) is 2.93. The second kappa shape index (κ2) is 6.97. The topological polar surface area (TPSA) is 57.6 Å².